The highest BCUT2D eigenvalue weighted by atomic mass is 28.4. The zero-order chi connectivity index (χ0) is 21.1. The minimum Gasteiger partial charge on any atom is -0.314 e. The second-order valence-electron chi connectivity index (χ2n) is 9.15. The van der Waals surface area contributed by atoms with Crippen molar-refractivity contribution in [3.8, 4) is 0 Å². The van der Waals surface area contributed by atoms with Crippen LogP contribution in [-0.4, -0.2) is 30.8 Å². The van der Waals surface area contributed by atoms with Crippen LogP contribution in [0.5, 0.6) is 0 Å². The van der Waals surface area contributed by atoms with E-state index < -0.39 is 14.6 Å². The summed E-state index contributed by atoms with van der Waals surface area (Å²) >= 11 is 0. The molecule has 0 amide bonds. The Balaban J connectivity index is 4.16. The van der Waals surface area contributed by atoms with Crippen molar-refractivity contribution in [2.24, 2.45) is 5.92 Å². The molecule has 0 aliphatic carbocycles. The molecule has 0 rings (SSSR count). The number of alkyl halides is 2. The molecule has 0 spiro atoms. The van der Waals surface area contributed by atoms with Crippen LogP contribution in [0.1, 0.15) is 97.8 Å². The summed E-state index contributed by atoms with van der Waals surface area (Å²) < 4.78 is 41.6. The highest BCUT2D eigenvalue weighted by molar-refractivity contribution is 6.73. The fraction of sp³-hybridized carbons (Fsp3) is 1.00. The van der Waals surface area contributed by atoms with E-state index in [1.165, 1.54) is 38.5 Å². The second kappa shape index (κ2) is 19.2. The molecule has 5 heteroatoms. The lowest BCUT2D eigenvalue weighted by Crippen LogP contribution is -2.30. The highest BCUT2D eigenvalue weighted by Gasteiger charge is 2.34. The summed E-state index contributed by atoms with van der Waals surface area (Å²) in [5, 5.41) is 0. The van der Waals surface area contributed by atoms with Crippen molar-refractivity contribution in [1.82, 2.24) is 0 Å². The molecule has 0 N–H and O–H groups in total. The SMILES string of the molecule is CCCCCC[Si](F)(CCCCCC)CC(C)CC[SiH2]CC(F)CCCCF. The van der Waals surface area contributed by atoms with E-state index in [2.05, 4.69) is 20.8 Å². The Hall–Kier alpha value is 0.224. The van der Waals surface area contributed by atoms with E-state index in [-0.39, 0.29) is 16.2 Å². The molecule has 0 nitrogen and oxygen atoms in total. The zero-order valence-corrected chi connectivity index (χ0v) is 21.6. The molecule has 170 valence electrons. The zero-order valence-electron chi connectivity index (χ0n) is 19.2. The van der Waals surface area contributed by atoms with E-state index in [0.717, 1.165) is 49.5 Å². The first-order valence-corrected chi connectivity index (χ1v) is 16.9. The van der Waals surface area contributed by atoms with Gasteiger partial charge >= 0.3 is 0 Å². The van der Waals surface area contributed by atoms with Crippen molar-refractivity contribution in [3.05, 3.63) is 0 Å². The van der Waals surface area contributed by atoms with Gasteiger partial charge in [-0.05, 0) is 49.4 Å². The van der Waals surface area contributed by atoms with Gasteiger partial charge in [-0.25, -0.2) is 4.39 Å². The van der Waals surface area contributed by atoms with E-state index in [0.29, 0.717) is 25.2 Å². The molecular formula is C23H49F3Si2. The Morgan fingerprint density at radius 1 is 0.821 bits per heavy atom. The molecule has 0 heterocycles. The minimum atomic E-state index is -2.61. The van der Waals surface area contributed by atoms with E-state index in [1.807, 2.05) is 0 Å². The first kappa shape index (κ1) is 28.2. The molecule has 2 unspecified atom stereocenters. The van der Waals surface area contributed by atoms with Gasteiger partial charge in [0.15, 0.2) is 0 Å². The van der Waals surface area contributed by atoms with E-state index in [1.54, 1.807) is 0 Å². The van der Waals surface area contributed by atoms with Gasteiger partial charge in [-0.15, -0.1) is 0 Å². The average Bonchev–Trinajstić information content (AvgIpc) is 2.66. The van der Waals surface area contributed by atoms with Gasteiger partial charge in [-0.1, -0.05) is 84.6 Å². The Labute approximate surface area is 177 Å². The molecule has 0 aliphatic heterocycles. The van der Waals surface area contributed by atoms with Gasteiger partial charge in [0, 0.05) is 9.52 Å². The largest absolute Gasteiger partial charge is 0.314 e. The van der Waals surface area contributed by atoms with Crippen LogP contribution in [0, 0.1) is 5.92 Å². The van der Waals surface area contributed by atoms with Crippen molar-refractivity contribution >= 4 is 17.9 Å². The maximum absolute atomic E-state index is 15.8. The highest BCUT2D eigenvalue weighted by Crippen LogP contribution is 2.33. The number of hydrogen-bond acceptors (Lipinski definition) is 0. The lowest BCUT2D eigenvalue weighted by Gasteiger charge is -2.26. The maximum atomic E-state index is 15.8. The molecule has 0 aromatic rings. The Kier molecular flexibility index (Phi) is 19.4. The number of rotatable bonds is 21. The predicted molar refractivity (Wildman–Crippen MR) is 126 cm³/mol. The van der Waals surface area contributed by atoms with Crippen LogP contribution in [0.2, 0.25) is 30.2 Å². The summed E-state index contributed by atoms with van der Waals surface area (Å²) in [4.78, 5) is 0. The summed E-state index contributed by atoms with van der Waals surface area (Å²) in [5.74, 6) is 0.464. The third kappa shape index (κ3) is 17.1. The molecule has 0 radical (unpaired) electrons. The molecule has 0 aromatic heterocycles. The van der Waals surface area contributed by atoms with Crippen LogP contribution >= 0.6 is 0 Å². The summed E-state index contributed by atoms with van der Waals surface area (Å²) in [6.07, 6.45) is 11.5. The normalized spacial score (nSPS) is 14.8. The van der Waals surface area contributed by atoms with E-state index >= 15 is 4.11 Å². The van der Waals surface area contributed by atoms with Gasteiger partial charge in [0.25, 0.3) is 0 Å². The fourth-order valence-corrected chi connectivity index (χ4v) is 10.1. The van der Waals surface area contributed by atoms with E-state index in [9.17, 15) is 8.78 Å². The Morgan fingerprint density at radius 3 is 1.96 bits per heavy atom. The van der Waals surface area contributed by atoms with Crippen molar-refractivity contribution in [1.29, 1.82) is 0 Å². The van der Waals surface area contributed by atoms with Crippen LogP contribution in [0.3, 0.4) is 0 Å². The molecule has 0 fully saturated rings. The molecule has 0 bridgehead atoms. The first-order valence-electron chi connectivity index (χ1n) is 12.4. The third-order valence-corrected chi connectivity index (χ3v) is 11.9. The molecule has 0 aliphatic rings. The number of unbranched alkanes of at least 4 members (excludes halogenated alkanes) is 7. The van der Waals surface area contributed by atoms with Gasteiger partial charge in [-0.2, -0.15) is 0 Å². The molecule has 28 heavy (non-hydrogen) atoms. The van der Waals surface area contributed by atoms with E-state index in [4.69, 9.17) is 0 Å². The molecular weight excluding hydrogens is 389 g/mol. The molecule has 2 atom stereocenters. The topological polar surface area (TPSA) is 0 Å². The molecule has 0 aromatic carbocycles. The van der Waals surface area contributed by atoms with Gasteiger partial charge in [-0.3, -0.25) is 4.39 Å². The average molecular weight is 439 g/mol. The van der Waals surface area contributed by atoms with Crippen LogP contribution in [-0.2, 0) is 0 Å². The fourth-order valence-electron chi connectivity index (χ4n) is 4.26. The van der Waals surface area contributed by atoms with Gasteiger partial charge < -0.3 is 4.11 Å². The number of halogens is 3. The van der Waals surface area contributed by atoms with Crippen LogP contribution < -0.4 is 0 Å². The van der Waals surface area contributed by atoms with Crippen LogP contribution in [0.4, 0.5) is 12.9 Å². The Bertz CT molecular complexity index is 317. The van der Waals surface area contributed by atoms with Crippen molar-refractivity contribution < 1.29 is 12.9 Å². The van der Waals surface area contributed by atoms with Crippen molar-refractivity contribution in [2.45, 2.75) is 134 Å². The summed E-state index contributed by atoms with van der Waals surface area (Å²) in [7, 11) is -3.00. The Morgan fingerprint density at radius 2 is 1.43 bits per heavy atom. The van der Waals surface area contributed by atoms with Gasteiger partial charge in [0.05, 0.1) is 12.8 Å². The lowest BCUT2D eigenvalue weighted by molar-refractivity contribution is 0.322. The summed E-state index contributed by atoms with van der Waals surface area (Å²) in [5.41, 5.74) is 0. The second-order valence-corrected chi connectivity index (χ2v) is 14.8. The first-order chi connectivity index (χ1) is 13.5. The maximum Gasteiger partial charge on any atom is 0.247 e. The smallest absolute Gasteiger partial charge is 0.247 e. The number of hydrogen-bond donors (Lipinski definition) is 0. The predicted octanol–water partition coefficient (Wildman–Crippen LogP) is 8.57. The third-order valence-electron chi connectivity index (χ3n) is 6.04. The molecule has 0 saturated heterocycles. The quantitative estimate of drug-likeness (QED) is 0.0956. The summed E-state index contributed by atoms with van der Waals surface area (Å²) in [6, 6.07) is 4.42. The van der Waals surface area contributed by atoms with Gasteiger partial charge in [0.2, 0.25) is 8.41 Å². The van der Waals surface area contributed by atoms with Crippen molar-refractivity contribution in [3.63, 3.8) is 0 Å². The van der Waals surface area contributed by atoms with Crippen LogP contribution in [0.15, 0.2) is 0 Å². The lowest BCUT2D eigenvalue weighted by atomic mass is 10.2. The van der Waals surface area contributed by atoms with Crippen LogP contribution in [0.25, 0.3) is 0 Å². The molecule has 0 saturated carbocycles. The summed E-state index contributed by atoms with van der Waals surface area (Å²) in [6.45, 7) is 6.31. The minimum absolute atomic E-state index is 0.326. The monoisotopic (exact) mass is 438 g/mol. The standard InChI is InChI=1S/C23H49F3Si2/c1-4-6-8-12-18-28(26,19-13-9-7-5-2)21-22(3)15-17-27-20-23(25)14-10-11-16-24/h22-23H,4-21,27H2,1-3H3. The van der Waals surface area contributed by atoms with Crippen molar-refractivity contribution in [2.75, 3.05) is 6.67 Å². The van der Waals surface area contributed by atoms with Gasteiger partial charge in [0.1, 0.15) is 0 Å².